The van der Waals surface area contributed by atoms with E-state index in [2.05, 4.69) is 0 Å². The van der Waals surface area contributed by atoms with E-state index in [4.69, 9.17) is 10.00 Å². The van der Waals surface area contributed by atoms with Crippen LogP contribution in [0.3, 0.4) is 0 Å². The van der Waals surface area contributed by atoms with Gasteiger partial charge in [0.1, 0.15) is 11.9 Å². The number of benzene rings is 1. The van der Waals surface area contributed by atoms with Gasteiger partial charge in [0.05, 0.1) is 18.7 Å². The molecule has 0 aromatic heterocycles. The van der Waals surface area contributed by atoms with Crippen molar-refractivity contribution in [2.45, 2.75) is 20.4 Å². The van der Waals surface area contributed by atoms with Crippen molar-refractivity contribution in [1.29, 1.82) is 5.26 Å². The molecular weight excluding hydrogens is 247 g/mol. The number of esters is 1. The van der Waals surface area contributed by atoms with Crippen LogP contribution in [-0.4, -0.2) is 30.6 Å². The van der Waals surface area contributed by atoms with Crippen molar-refractivity contribution in [3.05, 3.63) is 35.1 Å². The van der Waals surface area contributed by atoms with E-state index in [0.717, 1.165) is 5.56 Å². The van der Waals surface area contributed by atoms with E-state index in [1.807, 2.05) is 11.8 Å². The van der Waals surface area contributed by atoms with Gasteiger partial charge in [0.25, 0.3) is 0 Å². The van der Waals surface area contributed by atoms with E-state index in [1.165, 1.54) is 12.1 Å². The fraction of sp³-hybridized carbons (Fsp3) is 0.429. The molecule has 0 saturated heterocycles. The molecule has 0 spiro atoms. The van der Waals surface area contributed by atoms with Gasteiger partial charge >= 0.3 is 5.97 Å². The molecule has 0 atom stereocenters. The molecule has 102 valence electrons. The van der Waals surface area contributed by atoms with Crippen molar-refractivity contribution < 1.29 is 13.9 Å². The number of hydrogen-bond donors (Lipinski definition) is 0. The summed E-state index contributed by atoms with van der Waals surface area (Å²) in [7, 11) is 0. The molecule has 0 bridgehead atoms. The van der Waals surface area contributed by atoms with Crippen LogP contribution >= 0.6 is 0 Å². The van der Waals surface area contributed by atoms with E-state index in [9.17, 15) is 9.18 Å². The summed E-state index contributed by atoms with van der Waals surface area (Å²) in [5, 5.41) is 8.77. The first-order chi connectivity index (χ1) is 9.10. The number of nitrogens with zero attached hydrogens (tertiary/aromatic N) is 2. The summed E-state index contributed by atoms with van der Waals surface area (Å²) in [6, 6.07) is 6.19. The van der Waals surface area contributed by atoms with Gasteiger partial charge < -0.3 is 4.74 Å². The first-order valence-corrected chi connectivity index (χ1v) is 6.17. The summed E-state index contributed by atoms with van der Waals surface area (Å²) in [5.41, 5.74) is 0.814. The Morgan fingerprint density at radius 1 is 1.47 bits per heavy atom. The predicted molar refractivity (Wildman–Crippen MR) is 68.7 cm³/mol. The van der Waals surface area contributed by atoms with E-state index in [0.29, 0.717) is 19.7 Å². The van der Waals surface area contributed by atoms with Gasteiger partial charge in [0, 0.05) is 6.54 Å². The average molecular weight is 264 g/mol. The number of ether oxygens (including phenoxy) is 1. The van der Waals surface area contributed by atoms with Crippen molar-refractivity contribution in [2.75, 3.05) is 19.7 Å². The summed E-state index contributed by atoms with van der Waals surface area (Å²) < 4.78 is 18.1. The Morgan fingerprint density at radius 3 is 2.79 bits per heavy atom. The number of hydrogen-bond acceptors (Lipinski definition) is 4. The summed E-state index contributed by atoms with van der Waals surface area (Å²) in [4.78, 5) is 13.3. The molecule has 0 saturated carbocycles. The van der Waals surface area contributed by atoms with Crippen molar-refractivity contribution in [2.24, 2.45) is 0 Å². The molecule has 0 aliphatic rings. The van der Waals surface area contributed by atoms with Crippen LogP contribution in [0.4, 0.5) is 4.39 Å². The minimum absolute atomic E-state index is 0.0182. The molecule has 0 amide bonds. The van der Waals surface area contributed by atoms with Crippen molar-refractivity contribution in [3.63, 3.8) is 0 Å². The highest BCUT2D eigenvalue weighted by Crippen LogP contribution is 2.11. The monoisotopic (exact) mass is 264 g/mol. The summed E-state index contributed by atoms with van der Waals surface area (Å²) >= 11 is 0. The fourth-order valence-corrected chi connectivity index (χ4v) is 1.68. The maximum Gasteiger partial charge on any atom is 0.320 e. The first-order valence-electron chi connectivity index (χ1n) is 6.17. The minimum Gasteiger partial charge on any atom is -0.465 e. The van der Waals surface area contributed by atoms with E-state index >= 15 is 0 Å². The quantitative estimate of drug-likeness (QED) is 0.738. The Labute approximate surface area is 112 Å². The molecule has 5 heteroatoms. The lowest BCUT2D eigenvalue weighted by Gasteiger charge is -2.19. The molecule has 1 aromatic rings. The number of carbonyl (C=O) groups excluding carboxylic acids is 1. The maximum atomic E-state index is 13.2. The number of carbonyl (C=O) groups is 1. The second kappa shape index (κ2) is 7.49. The minimum atomic E-state index is -0.528. The van der Waals surface area contributed by atoms with Gasteiger partial charge in [-0.15, -0.1) is 0 Å². The highest BCUT2D eigenvalue weighted by Gasteiger charge is 2.11. The molecule has 1 rings (SSSR count). The molecule has 0 aliphatic heterocycles. The van der Waals surface area contributed by atoms with Crippen molar-refractivity contribution in [1.82, 2.24) is 4.90 Å². The molecular formula is C14H17FN2O2. The third kappa shape index (κ3) is 4.68. The summed E-state index contributed by atoms with van der Waals surface area (Å²) in [5.74, 6) is -0.813. The molecule has 0 unspecified atom stereocenters. The Balaban J connectivity index is 2.71. The van der Waals surface area contributed by atoms with Crippen LogP contribution < -0.4 is 0 Å². The molecule has 0 heterocycles. The molecule has 1 aromatic carbocycles. The number of nitriles is 1. The highest BCUT2D eigenvalue weighted by atomic mass is 19.1. The van der Waals surface area contributed by atoms with Crippen LogP contribution in [0.15, 0.2) is 18.2 Å². The van der Waals surface area contributed by atoms with Crippen molar-refractivity contribution in [3.8, 4) is 6.07 Å². The lowest BCUT2D eigenvalue weighted by molar-refractivity contribution is -0.144. The van der Waals surface area contributed by atoms with Crippen LogP contribution in [0, 0.1) is 17.1 Å². The zero-order valence-corrected chi connectivity index (χ0v) is 11.1. The standard InChI is InChI=1S/C14H17FN2O2/c1-3-17(10-14(18)19-4-2)9-11-5-6-13(15)12(7-11)8-16/h5-7H,3-4,9-10H2,1-2H3. The Morgan fingerprint density at radius 2 is 2.21 bits per heavy atom. The number of rotatable bonds is 6. The lowest BCUT2D eigenvalue weighted by atomic mass is 10.1. The number of likely N-dealkylation sites (N-methyl/N-ethyl adjacent to an activating group) is 1. The third-order valence-corrected chi connectivity index (χ3v) is 2.66. The molecule has 0 aliphatic carbocycles. The molecule has 0 radical (unpaired) electrons. The second-order valence-corrected chi connectivity index (χ2v) is 4.03. The second-order valence-electron chi connectivity index (χ2n) is 4.03. The molecule has 19 heavy (non-hydrogen) atoms. The van der Waals surface area contributed by atoms with E-state index in [-0.39, 0.29) is 18.1 Å². The maximum absolute atomic E-state index is 13.2. The summed E-state index contributed by atoms with van der Waals surface area (Å²) in [6.45, 7) is 5.36. The molecule has 4 nitrogen and oxygen atoms in total. The average Bonchev–Trinajstić information content (AvgIpc) is 2.40. The molecule has 0 N–H and O–H groups in total. The Bertz CT molecular complexity index is 483. The molecule has 0 fully saturated rings. The van der Waals surface area contributed by atoms with Gasteiger partial charge in [0.2, 0.25) is 0 Å². The Kier molecular flexibility index (Phi) is 5.97. The van der Waals surface area contributed by atoms with Crippen LogP contribution in [0.2, 0.25) is 0 Å². The highest BCUT2D eigenvalue weighted by molar-refractivity contribution is 5.71. The van der Waals surface area contributed by atoms with Crippen molar-refractivity contribution >= 4 is 5.97 Å². The van der Waals surface area contributed by atoms with Crippen LogP contribution in [0.25, 0.3) is 0 Å². The Hall–Kier alpha value is -1.93. The number of halogens is 1. The van der Waals surface area contributed by atoms with Crippen LogP contribution in [0.5, 0.6) is 0 Å². The largest absolute Gasteiger partial charge is 0.465 e. The SMILES string of the molecule is CCOC(=O)CN(CC)Cc1ccc(F)c(C#N)c1. The van der Waals surface area contributed by atoms with Gasteiger partial charge in [-0.25, -0.2) is 4.39 Å². The van der Waals surface area contributed by atoms with Gasteiger partial charge in [-0.1, -0.05) is 13.0 Å². The van der Waals surface area contributed by atoms with E-state index < -0.39 is 5.82 Å². The van der Waals surface area contributed by atoms with Gasteiger partial charge in [-0.2, -0.15) is 5.26 Å². The zero-order chi connectivity index (χ0) is 14.3. The lowest BCUT2D eigenvalue weighted by Crippen LogP contribution is -2.30. The fourth-order valence-electron chi connectivity index (χ4n) is 1.68. The van der Waals surface area contributed by atoms with Crippen LogP contribution in [0.1, 0.15) is 25.0 Å². The zero-order valence-electron chi connectivity index (χ0n) is 11.1. The third-order valence-electron chi connectivity index (χ3n) is 2.66. The topological polar surface area (TPSA) is 53.3 Å². The first kappa shape index (κ1) is 15.1. The van der Waals surface area contributed by atoms with Gasteiger partial charge in [0.15, 0.2) is 0 Å². The predicted octanol–water partition coefficient (Wildman–Crippen LogP) is 2.08. The van der Waals surface area contributed by atoms with Gasteiger partial charge in [-0.3, -0.25) is 9.69 Å². The summed E-state index contributed by atoms with van der Waals surface area (Å²) in [6.07, 6.45) is 0. The van der Waals surface area contributed by atoms with Gasteiger partial charge in [-0.05, 0) is 31.2 Å². The van der Waals surface area contributed by atoms with Crippen LogP contribution in [-0.2, 0) is 16.1 Å². The normalized spacial score (nSPS) is 10.3. The smallest absolute Gasteiger partial charge is 0.320 e. The van der Waals surface area contributed by atoms with E-state index in [1.54, 1.807) is 19.1 Å².